The highest BCUT2D eigenvalue weighted by Gasteiger charge is 2.48. The van der Waals surface area contributed by atoms with Crippen LogP contribution in [-0.2, 0) is 6.42 Å². The predicted octanol–water partition coefficient (Wildman–Crippen LogP) is 5.85. The van der Waals surface area contributed by atoms with Crippen LogP contribution >= 0.6 is 22.9 Å². The third kappa shape index (κ3) is 3.49. The summed E-state index contributed by atoms with van der Waals surface area (Å²) in [6, 6.07) is 8.65. The molecular formula is C21H18ClF3N4OS. The third-order valence-corrected chi connectivity index (χ3v) is 7.08. The van der Waals surface area contributed by atoms with Gasteiger partial charge in [-0.25, -0.2) is 4.68 Å². The van der Waals surface area contributed by atoms with Gasteiger partial charge < -0.3 is 10.2 Å². The molecule has 2 atom stereocenters. The molecule has 2 aliphatic rings. The maximum atomic E-state index is 13.9. The number of fused-ring (bicyclic) bond motifs is 2. The summed E-state index contributed by atoms with van der Waals surface area (Å²) >= 11 is 7.84. The smallest absolute Gasteiger partial charge is 0.361 e. The van der Waals surface area contributed by atoms with Crippen LogP contribution in [0.1, 0.15) is 45.9 Å². The standard InChI is InChI=1S/C21H18ClF3N4OS/c22-17-18(20(30)28-9-3-6-12-5-1-2-7-14(12)28)27-29-16(21(23,24)25)11-13(26-19(17)29)15-8-4-10-31-15/h1-2,4-5,7-8,10,13,16,26H,3,6,9,11H2/t13-,16-/m0/s1. The van der Waals surface area contributed by atoms with Crippen LogP contribution in [0.25, 0.3) is 0 Å². The number of nitrogens with zero attached hydrogens (tertiary/aromatic N) is 3. The molecule has 0 spiro atoms. The molecule has 162 valence electrons. The fourth-order valence-electron chi connectivity index (χ4n) is 4.27. The Hall–Kier alpha value is -2.52. The van der Waals surface area contributed by atoms with Crippen LogP contribution in [0.15, 0.2) is 41.8 Å². The van der Waals surface area contributed by atoms with E-state index in [-0.39, 0.29) is 23.0 Å². The van der Waals surface area contributed by atoms with Crippen molar-refractivity contribution in [2.75, 3.05) is 16.8 Å². The number of benzene rings is 1. The molecule has 4 heterocycles. The molecule has 5 nitrogen and oxygen atoms in total. The molecule has 5 rings (SSSR count). The molecule has 0 bridgehead atoms. The summed E-state index contributed by atoms with van der Waals surface area (Å²) < 4.78 is 42.5. The molecule has 31 heavy (non-hydrogen) atoms. The molecule has 0 saturated carbocycles. The maximum Gasteiger partial charge on any atom is 0.410 e. The lowest BCUT2D eigenvalue weighted by molar-refractivity contribution is -0.173. The van der Waals surface area contributed by atoms with E-state index in [1.54, 1.807) is 17.0 Å². The number of carbonyl (C=O) groups is 1. The van der Waals surface area contributed by atoms with E-state index in [1.807, 2.05) is 29.6 Å². The van der Waals surface area contributed by atoms with Crippen molar-refractivity contribution >= 4 is 40.4 Å². The number of thiophene rings is 1. The fourth-order valence-corrected chi connectivity index (χ4v) is 5.33. The predicted molar refractivity (Wildman–Crippen MR) is 114 cm³/mol. The number of amides is 1. The summed E-state index contributed by atoms with van der Waals surface area (Å²) in [6.45, 7) is 0.461. The quantitative estimate of drug-likeness (QED) is 0.515. The lowest BCUT2D eigenvalue weighted by atomic mass is 10.0. The van der Waals surface area contributed by atoms with E-state index in [1.165, 1.54) is 11.3 Å². The molecule has 2 aliphatic heterocycles. The second kappa shape index (κ2) is 7.56. The molecule has 1 amide bonds. The van der Waals surface area contributed by atoms with Gasteiger partial charge in [0.05, 0.1) is 6.04 Å². The minimum absolute atomic E-state index is 0.0299. The van der Waals surface area contributed by atoms with Crippen molar-refractivity contribution in [2.45, 2.75) is 37.5 Å². The highest BCUT2D eigenvalue weighted by molar-refractivity contribution is 7.10. The van der Waals surface area contributed by atoms with Crippen LogP contribution in [0.4, 0.5) is 24.7 Å². The second-order valence-electron chi connectivity index (χ2n) is 7.65. The monoisotopic (exact) mass is 466 g/mol. The van der Waals surface area contributed by atoms with Gasteiger partial charge in [-0.3, -0.25) is 4.79 Å². The third-order valence-electron chi connectivity index (χ3n) is 5.74. The van der Waals surface area contributed by atoms with E-state index in [4.69, 9.17) is 11.6 Å². The number of para-hydroxylation sites is 1. The molecule has 1 aromatic carbocycles. The molecule has 0 unspecified atom stereocenters. The van der Waals surface area contributed by atoms with Crippen molar-refractivity contribution in [2.24, 2.45) is 0 Å². The summed E-state index contributed by atoms with van der Waals surface area (Å²) in [4.78, 5) is 15.7. The van der Waals surface area contributed by atoms with Gasteiger partial charge >= 0.3 is 6.18 Å². The van der Waals surface area contributed by atoms with Gasteiger partial charge in [0.1, 0.15) is 10.8 Å². The average Bonchev–Trinajstić information content (AvgIpc) is 3.40. The molecule has 2 aromatic heterocycles. The minimum Gasteiger partial charge on any atom is -0.361 e. The molecule has 1 N–H and O–H groups in total. The number of hydrogen-bond acceptors (Lipinski definition) is 4. The van der Waals surface area contributed by atoms with Gasteiger partial charge in [-0.05, 0) is 35.9 Å². The first-order valence-electron chi connectivity index (χ1n) is 9.89. The Kier molecular flexibility index (Phi) is 4.97. The van der Waals surface area contributed by atoms with Crippen molar-refractivity contribution < 1.29 is 18.0 Å². The Morgan fingerprint density at radius 3 is 2.77 bits per heavy atom. The molecule has 0 radical (unpaired) electrons. The molecule has 0 aliphatic carbocycles. The number of halogens is 4. The van der Waals surface area contributed by atoms with Crippen molar-refractivity contribution in [3.05, 3.63) is 62.9 Å². The maximum absolute atomic E-state index is 13.9. The minimum atomic E-state index is -4.53. The van der Waals surface area contributed by atoms with E-state index in [0.717, 1.165) is 33.7 Å². The molecule has 0 fully saturated rings. The van der Waals surface area contributed by atoms with Crippen molar-refractivity contribution in [1.29, 1.82) is 0 Å². The van der Waals surface area contributed by atoms with Gasteiger partial charge in [-0.1, -0.05) is 35.9 Å². The van der Waals surface area contributed by atoms with Crippen molar-refractivity contribution in [1.82, 2.24) is 9.78 Å². The Morgan fingerprint density at radius 1 is 1.23 bits per heavy atom. The SMILES string of the molecule is O=C(c1nn2c(c1Cl)N[C@H](c1cccs1)C[C@H]2C(F)(F)F)N1CCCc2ccccc21. The van der Waals surface area contributed by atoms with E-state index < -0.39 is 24.2 Å². The van der Waals surface area contributed by atoms with Crippen molar-refractivity contribution in [3.8, 4) is 0 Å². The number of nitrogens with one attached hydrogen (secondary N) is 1. The summed E-state index contributed by atoms with van der Waals surface area (Å²) in [6.07, 6.45) is -3.15. The first-order valence-corrected chi connectivity index (χ1v) is 11.1. The van der Waals surface area contributed by atoms with Gasteiger partial charge in [0.15, 0.2) is 11.7 Å². The largest absolute Gasteiger partial charge is 0.410 e. The lowest BCUT2D eigenvalue weighted by Gasteiger charge is -2.32. The Morgan fingerprint density at radius 2 is 2.03 bits per heavy atom. The normalized spacial score (nSPS) is 20.7. The Bertz CT molecular complexity index is 1130. The number of aromatic nitrogens is 2. The zero-order chi connectivity index (χ0) is 21.8. The number of aryl methyl sites for hydroxylation is 1. The first-order chi connectivity index (χ1) is 14.8. The number of hydrogen-bond donors (Lipinski definition) is 1. The lowest BCUT2D eigenvalue weighted by Crippen LogP contribution is -2.37. The fraction of sp³-hybridized carbons (Fsp3) is 0.333. The zero-order valence-electron chi connectivity index (χ0n) is 16.2. The van der Waals surface area contributed by atoms with Gasteiger partial charge in [-0.15, -0.1) is 11.3 Å². The van der Waals surface area contributed by atoms with Gasteiger partial charge in [0.25, 0.3) is 5.91 Å². The molecule has 10 heteroatoms. The van der Waals surface area contributed by atoms with Crippen LogP contribution in [0.3, 0.4) is 0 Å². The van der Waals surface area contributed by atoms with Gasteiger partial charge in [-0.2, -0.15) is 18.3 Å². The Balaban J connectivity index is 1.56. The van der Waals surface area contributed by atoms with Crippen LogP contribution in [0, 0.1) is 0 Å². The van der Waals surface area contributed by atoms with E-state index in [9.17, 15) is 18.0 Å². The van der Waals surface area contributed by atoms with E-state index >= 15 is 0 Å². The zero-order valence-corrected chi connectivity index (χ0v) is 17.8. The van der Waals surface area contributed by atoms with Gasteiger partial charge in [0.2, 0.25) is 0 Å². The van der Waals surface area contributed by atoms with Crippen LogP contribution in [0.5, 0.6) is 0 Å². The summed E-state index contributed by atoms with van der Waals surface area (Å²) in [5.74, 6) is -0.461. The number of anilines is 2. The van der Waals surface area contributed by atoms with Gasteiger partial charge in [0, 0.05) is 23.5 Å². The van der Waals surface area contributed by atoms with Crippen LogP contribution in [0.2, 0.25) is 5.02 Å². The Labute approximate surface area is 185 Å². The second-order valence-corrected chi connectivity index (χ2v) is 9.01. The highest BCUT2D eigenvalue weighted by atomic mass is 35.5. The van der Waals surface area contributed by atoms with Crippen LogP contribution < -0.4 is 10.2 Å². The summed E-state index contributed by atoms with van der Waals surface area (Å²) in [5.41, 5.74) is 1.60. The number of rotatable bonds is 2. The number of alkyl halides is 3. The molecular weight excluding hydrogens is 449 g/mol. The van der Waals surface area contributed by atoms with E-state index in [2.05, 4.69) is 10.4 Å². The summed E-state index contributed by atoms with van der Waals surface area (Å²) in [7, 11) is 0. The highest BCUT2D eigenvalue weighted by Crippen LogP contribution is 2.47. The first kappa shape index (κ1) is 20.4. The molecule has 3 aromatic rings. The van der Waals surface area contributed by atoms with E-state index in [0.29, 0.717) is 6.54 Å². The topological polar surface area (TPSA) is 50.2 Å². The molecule has 0 saturated heterocycles. The average molecular weight is 467 g/mol. The van der Waals surface area contributed by atoms with Crippen LogP contribution in [-0.4, -0.2) is 28.4 Å². The van der Waals surface area contributed by atoms with Crippen molar-refractivity contribution in [3.63, 3.8) is 0 Å². The summed E-state index contributed by atoms with van der Waals surface area (Å²) in [5, 5.41) is 8.89. The number of carbonyl (C=O) groups excluding carboxylic acids is 1.